The molecule has 3 aromatic rings. The van der Waals surface area contributed by atoms with Crippen molar-refractivity contribution in [3.8, 4) is 11.5 Å². The summed E-state index contributed by atoms with van der Waals surface area (Å²) in [6.45, 7) is 2.11. The lowest BCUT2D eigenvalue weighted by atomic mass is 10.1. The Morgan fingerprint density at radius 3 is 2.54 bits per heavy atom. The molecule has 1 aromatic heterocycles. The average molecular weight is 377 g/mol. The van der Waals surface area contributed by atoms with Gasteiger partial charge in [-0.05, 0) is 48.7 Å². The molecule has 5 nitrogen and oxygen atoms in total. The van der Waals surface area contributed by atoms with Gasteiger partial charge in [-0.25, -0.2) is 0 Å². The summed E-state index contributed by atoms with van der Waals surface area (Å²) >= 11 is 0. The first-order valence-corrected chi connectivity index (χ1v) is 9.55. The molecule has 0 saturated heterocycles. The number of ether oxygens (including phenoxy) is 2. The predicted molar refractivity (Wildman–Crippen MR) is 106 cm³/mol. The zero-order valence-electron chi connectivity index (χ0n) is 15.7. The Kier molecular flexibility index (Phi) is 5.61. The third kappa shape index (κ3) is 4.36. The molecule has 2 heterocycles. The first kappa shape index (κ1) is 18.2. The summed E-state index contributed by atoms with van der Waals surface area (Å²) in [5.74, 6) is 2.04. The molecule has 0 fully saturated rings. The number of hydrogen-bond acceptors (Lipinski definition) is 4. The van der Waals surface area contributed by atoms with Gasteiger partial charge >= 0.3 is 0 Å². The molecule has 1 amide bonds. The normalized spacial score (nSPS) is 12.6. The SMILES string of the molecule is O=C(c1ccc2c(c1)OCCO2)N(CCCc1ccccc1)Cc1ccco1. The molecule has 28 heavy (non-hydrogen) atoms. The summed E-state index contributed by atoms with van der Waals surface area (Å²) in [5, 5.41) is 0. The Bertz CT molecular complexity index is 906. The fourth-order valence-corrected chi connectivity index (χ4v) is 3.32. The summed E-state index contributed by atoms with van der Waals surface area (Å²) in [4.78, 5) is 15.0. The van der Waals surface area contributed by atoms with E-state index in [2.05, 4.69) is 12.1 Å². The molecule has 0 bridgehead atoms. The number of rotatable bonds is 7. The van der Waals surface area contributed by atoms with E-state index in [0.717, 1.165) is 18.6 Å². The highest BCUT2D eigenvalue weighted by molar-refractivity contribution is 5.95. The number of amides is 1. The maximum atomic E-state index is 13.2. The van der Waals surface area contributed by atoms with E-state index >= 15 is 0 Å². The maximum absolute atomic E-state index is 13.2. The molecule has 5 heteroatoms. The largest absolute Gasteiger partial charge is 0.486 e. The minimum absolute atomic E-state index is 0.0403. The second kappa shape index (κ2) is 8.65. The Morgan fingerprint density at radius 2 is 1.75 bits per heavy atom. The number of furan rings is 1. The summed E-state index contributed by atoms with van der Waals surface area (Å²) in [6, 6.07) is 19.4. The van der Waals surface area contributed by atoms with E-state index in [1.807, 2.05) is 35.2 Å². The van der Waals surface area contributed by atoms with Gasteiger partial charge in [0.25, 0.3) is 5.91 Å². The minimum Gasteiger partial charge on any atom is -0.486 e. The van der Waals surface area contributed by atoms with Gasteiger partial charge in [-0.15, -0.1) is 0 Å². The molecule has 0 spiro atoms. The summed E-state index contributed by atoms with van der Waals surface area (Å²) in [5.41, 5.74) is 1.86. The van der Waals surface area contributed by atoms with E-state index < -0.39 is 0 Å². The monoisotopic (exact) mass is 377 g/mol. The van der Waals surface area contributed by atoms with Gasteiger partial charge in [-0.1, -0.05) is 30.3 Å². The molecule has 1 aliphatic rings. The molecule has 0 radical (unpaired) electrons. The summed E-state index contributed by atoms with van der Waals surface area (Å²) in [7, 11) is 0. The lowest BCUT2D eigenvalue weighted by Gasteiger charge is -2.23. The van der Waals surface area contributed by atoms with E-state index in [9.17, 15) is 4.79 Å². The average Bonchev–Trinajstić information content (AvgIpc) is 3.26. The van der Waals surface area contributed by atoms with Crippen molar-refractivity contribution in [2.24, 2.45) is 0 Å². The van der Waals surface area contributed by atoms with Gasteiger partial charge in [0.2, 0.25) is 0 Å². The molecule has 0 unspecified atom stereocenters. The molecule has 1 aliphatic heterocycles. The van der Waals surface area contributed by atoms with Crippen LogP contribution in [0.15, 0.2) is 71.3 Å². The molecule has 4 rings (SSSR count). The van der Waals surface area contributed by atoms with Crippen LogP contribution in [0.25, 0.3) is 0 Å². The van der Waals surface area contributed by atoms with Crippen molar-refractivity contribution >= 4 is 5.91 Å². The van der Waals surface area contributed by atoms with E-state index in [-0.39, 0.29) is 5.91 Å². The third-order valence-electron chi connectivity index (χ3n) is 4.74. The standard InChI is InChI=1S/C23H23NO4/c25-23(19-10-11-21-22(16-19)28-15-14-27-21)24(17-20-9-5-13-26-20)12-4-8-18-6-2-1-3-7-18/h1-3,5-7,9-11,13,16H,4,8,12,14-15,17H2. The molecule has 0 saturated carbocycles. The van der Waals surface area contributed by atoms with E-state index in [4.69, 9.17) is 13.9 Å². The number of carbonyl (C=O) groups excluding carboxylic acids is 1. The topological polar surface area (TPSA) is 51.9 Å². The van der Waals surface area contributed by atoms with Gasteiger partial charge in [-0.3, -0.25) is 4.79 Å². The zero-order chi connectivity index (χ0) is 19.2. The van der Waals surface area contributed by atoms with E-state index in [1.54, 1.807) is 24.5 Å². The number of benzene rings is 2. The Balaban J connectivity index is 1.48. The molecule has 144 valence electrons. The second-order valence-electron chi connectivity index (χ2n) is 6.75. The van der Waals surface area contributed by atoms with E-state index in [0.29, 0.717) is 43.4 Å². The number of aryl methyl sites for hydroxylation is 1. The number of fused-ring (bicyclic) bond motifs is 1. The van der Waals surface area contributed by atoms with Crippen molar-refractivity contribution in [3.63, 3.8) is 0 Å². The van der Waals surface area contributed by atoms with Crippen molar-refractivity contribution < 1.29 is 18.7 Å². The van der Waals surface area contributed by atoms with Gasteiger partial charge in [0.05, 0.1) is 12.8 Å². The molecule has 0 N–H and O–H groups in total. The lowest BCUT2D eigenvalue weighted by molar-refractivity contribution is 0.0728. The Labute approximate surface area is 164 Å². The quantitative estimate of drug-likeness (QED) is 0.615. The highest BCUT2D eigenvalue weighted by atomic mass is 16.6. The van der Waals surface area contributed by atoms with Crippen LogP contribution in [0.4, 0.5) is 0 Å². The van der Waals surface area contributed by atoms with Crippen LogP contribution in [-0.2, 0) is 13.0 Å². The molecule has 0 atom stereocenters. The van der Waals surface area contributed by atoms with Crippen LogP contribution in [0.5, 0.6) is 11.5 Å². The zero-order valence-corrected chi connectivity index (χ0v) is 15.7. The van der Waals surface area contributed by atoms with Crippen LogP contribution < -0.4 is 9.47 Å². The van der Waals surface area contributed by atoms with Crippen LogP contribution in [0.1, 0.15) is 28.1 Å². The van der Waals surface area contributed by atoms with Crippen molar-refractivity contribution in [3.05, 3.63) is 83.8 Å². The Morgan fingerprint density at radius 1 is 0.929 bits per heavy atom. The van der Waals surface area contributed by atoms with Crippen molar-refractivity contribution in [2.75, 3.05) is 19.8 Å². The minimum atomic E-state index is -0.0403. The van der Waals surface area contributed by atoms with E-state index in [1.165, 1.54) is 5.56 Å². The molecular weight excluding hydrogens is 354 g/mol. The van der Waals surface area contributed by atoms with Gasteiger partial charge in [-0.2, -0.15) is 0 Å². The number of carbonyl (C=O) groups is 1. The second-order valence-corrected chi connectivity index (χ2v) is 6.75. The number of hydrogen-bond donors (Lipinski definition) is 0. The van der Waals surface area contributed by atoms with Gasteiger partial charge in [0.15, 0.2) is 11.5 Å². The smallest absolute Gasteiger partial charge is 0.254 e. The predicted octanol–water partition coefficient (Wildman–Crippen LogP) is 4.33. The Hall–Kier alpha value is -3.21. The van der Waals surface area contributed by atoms with Gasteiger partial charge in [0, 0.05) is 12.1 Å². The van der Waals surface area contributed by atoms with Crippen LogP contribution in [0.2, 0.25) is 0 Å². The van der Waals surface area contributed by atoms with Crippen LogP contribution >= 0.6 is 0 Å². The fourth-order valence-electron chi connectivity index (χ4n) is 3.32. The maximum Gasteiger partial charge on any atom is 0.254 e. The van der Waals surface area contributed by atoms with Crippen LogP contribution in [0.3, 0.4) is 0 Å². The molecule has 0 aliphatic carbocycles. The van der Waals surface area contributed by atoms with Gasteiger partial charge < -0.3 is 18.8 Å². The summed E-state index contributed by atoms with van der Waals surface area (Å²) in [6.07, 6.45) is 3.43. The van der Waals surface area contributed by atoms with Crippen LogP contribution in [-0.4, -0.2) is 30.6 Å². The first-order valence-electron chi connectivity index (χ1n) is 9.55. The molecular formula is C23H23NO4. The third-order valence-corrected chi connectivity index (χ3v) is 4.74. The molecule has 2 aromatic carbocycles. The van der Waals surface area contributed by atoms with Crippen molar-refractivity contribution in [1.29, 1.82) is 0 Å². The number of nitrogens with zero attached hydrogens (tertiary/aromatic N) is 1. The highest BCUT2D eigenvalue weighted by Gasteiger charge is 2.20. The van der Waals surface area contributed by atoms with Crippen molar-refractivity contribution in [1.82, 2.24) is 4.90 Å². The lowest BCUT2D eigenvalue weighted by Crippen LogP contribution is -2.31. The fraction of sp³-hybridized carbons (Fsp3) is 0.261. The summed E-state index contributed by atoms with van der Waals surface area (Å²) < 4.78 is 16.6. The highest BCUT2D eigenvalue weighted by Crippen LogP contribution is 2.31. The van der Waals surface area contributed by atoms with Gasteiger partial charge in [0.1, 0.15) is 19.0 Å². The first-order chi connectivity index (χ1) is 13.8. The van der Waals surface area contributed by atoms with Crippen molar-refractivity contribution in [2.45, 2.75) is 19.4 Å². The van der Waals surface area contributed by atoms with Crippen LogP contribution in [0, 0.1) is 0 Å².